The second-order valence-corrected chi connectivity index (χ2v) is 7.57. The molecule has 160 valence electrons. The summed E-state index contributed by atoms with van der Waals surface area (Å²) in [6.07, 6.45) is 1.12. The summed E-state index contributed by atoms with van der Waals surface area (Å²) in [4.78, 5) is 29.4. The summed E-state index contributed by atoms with van der Waals surface area (Å²) in [5.74, 6) is -0.428. The van der Waals surface area contributed by atoms with Gasteiger partial charge in [0, 0.05) is 32.1 Å². The summed E-state index contributed by atoms with van der Waals surface area (Å²) in [6, 6.07) is 13.5. The van der Waals surface area contributed by atoms with Gasteiger partial charge in [-0.25, -0.2) is 9.38 Å². The van der Waals surface area contributed by atoms with Crippen LogP contribution in [0.25, 0.3) is 0 Å². The zero-order valence-corrected chi connectivity index (χ0v) is 17.6. The van der Waals surface area contributed by atoms with Crippen molar-refractivity contribution in [2.45, 2.75) is 39.4 Å². The number of carbonyl (C=O) groups excluding carboxylic acids is 2. The van der Waals surface area contributed by atoms with Crippen molar-refractivity contribution in [2.75, 3.05) is 7.05 Å². The summed E-state index contributed by atoms with van der Waals surface area (Å²) in [5, 5.41) is 2.80. The van der Waals surface area contributed by atoms with Crippen LogP contribution in [0.5, 0.6) is 0 Å². The zero-order chi connectivity index (χ0) is 22.1. The Bertz CT molecular complexity index is 884. The van der Waals surface area contributed by atoms with Gasteiger partial charge < -0.3 is 20.7 Å². The maximum atomic E-state index is 14.1. The molecule has 6 nitrogen and oxygen atoms in total. The van der Waals surface area contributed by atoms with Crippen LogP contribution in [0.15, 0.2) is 53.5 Å². The van der Waals surface area contributed by atoms with E-state index in [1.54, 1.807) is 18.0 Å². The molecular formula is C23H29FN4O2. The molecule has 0 fully saturated rings. The van der Waals surface area contributed by atoms with Crippen LogP contribution < -0.4 is 11.1 Å². The van der Waals surface area contributed by atoms with Gasteiger partial charge in [0.05, 0.1) is 6.04 Å². The van der Waals surface area contributed by atoms with E-state index in [0.717, 1.165) is 11.8 Å². The molecule has 0 aromatic heterocycles. The van der Waals surface area contributed by atoms with Crippen molar-refractivity contribution in [3.63, 3.8) is 0 Å². The molecule has 2 aromatic rings. The van der Waals surface area contributed by atoms with Gasteiger partial charge in [-0.05, 0) is 35.2 Å². The van der Waals surface area contributed by atoms with Gasteiger partial charge in [-0.2, -0.15) is 0 Å². The summed E-state index contributed by atoms with van der Waals surface area (Å²) >= 11 is 0. The first-order valence-electron chi connectivity index (χ1n) is 9.89. The molecule has 3 N–H and O–H groups in total. The van der Waals surface area contributed by atoms with E-state index in [9.17, 15) is 14.0 Å². The van der Waals surface area contributed by atoms with Crippen LogP contribution in [-0.4, -0.2) is 36.1 Å². The van der Waals surface area contributed by atoms with Gasteiger partial charge in [0.25, 0.3) is 5.91 Å². The molecule has 7 heteroatoms. The summed E-state index contributed by atoms with van der Waals surface area (Å²) in [7, 11) is 1.73. The Hall–Kier alpha value is -3.22. The molecule has 0 saturated heterocycles. The number of aliphatic imine (C=N–C) groups is 1. The predicted octanol–water partition coefficient (Wildman–Crippen LogP) is 3.12. The molecule has 0 aliphatic heterocycles. The number of hydrogen-bond acceptors (Lipinski definition) is 3. The molecule has 0 radical (unpaired) electrons. The fourth-order valence-electron chi connectivity index (χ4n) is 2.95. The van der Waals surface area contributed by atoms with E-state index in [2.05, 4.69) is 10.3 Å². The van der Waals surface area contributed by atoms with E-state index in [1.165, 1.54) is 12.1 Å². The van der Waals surface area contributed by atoms with Crippen molar-refractivity contribution < 1.29 is 14.0 Å². The van der Waals surface area contributed by atoms with Gasteiger partial charge in [-0.15, -0.1) is 0 Å². The monoisotopic (exact) mass is 412 g/mol. The molecule has 1 amide bonds. The molecule has 0 bridgehead atoms. The highest BCUT2D eigenvalue weighted by Crippen LogP contribution is 2.13. The maximum absolute atomic E-state index is 14.1. The lowest BCUT2D eigenvalue weighted by Gasteiger charge is -2.22. The van der Waals surface area contributed by atoms with Crippen molar-refractivity contribution >= 4 is 18.2 Å². The number of rotatable bonds is 9. The third-order valence-corrected chi connectivity index (χ3v) is 4.73. The third-order valence-electron chi connectivity index (χ3n) is 4.73. The maximum Gasteiger partial charge on any atom is 0.251 e. The van der Waals surface area contributed by atoms with Gasteiger partial charge in [-0.3, -0.25) is 4.79 Å². The standard InChI is InChI=1S/C23H29FN4O2/c1-16(2)21(9-10-29)27-23(25)28(3)15-18-11-19(13-20(24)12-18)22(30)26-14-17-7-5-4-6-8-17/h4-8,10-13,16,21H,9,14-15H2,1-3H3,(H2,25,27)(H,26,30). The van der Waals surface area contributed by atoms with E-state index in [1.807, 2.05) is 44.2 Å². The first-order valence-corrected chi connectivity index (χ1v) is 9.89. The van der Waals surface area contributed by atoms with Gasteiger partial charge in [0.15, 0.2) is 5.96 Å². The molecule has 0 saturated carbocycles. The highest BCUT2D eigenvalue weighted by Gasteiger charge is 2.15. The van der Waals surface area contributed by atoms with Gasteiger partial charge in [0.1, 0.15) is 12.1 Å². The number of carbonyl (C=O) groups is 2. The summed E-state index contributed by atoms with van der Waals surface area (Å²) < 4.78 is 14.1. The molecule has 1 unspecified atom stereocenters. The summed E-state index contributed by atoms with van der Waals surface area (Å²) in [6.45, 7) is 4.58. The molecule has 0 spiro atoms. The molecular weight excluding hydrogens is 383 g/mol. The lowest BCUT2D eigenvalue weighted by molar-refractivity contribution is -0.108. The van der Waals surface area contributed by atoms with Gasteiger partial charge in [-0.1, -0.05) is 44.2 Å². The zero-order valence-electron chi connectivity index (χ0n) is 17.6. The van der Waals surface area contributed by atoms with Crippen LogP contribution >= 0.6 is 0 Å². The normalized spacial score (nSPS) is 12.5. The number of benzene rings is 2. The SMILES string of the molecule is CC(C)C(CC=O)N=C(N)N(C)Cc1cc(F)cc(C(=O)NCc2ccccc2)c1. The van der Waals surface area contributed by atoms with E-state index < -0.39 is 5.82 Å². The first-order chi connectivity index (χ1) is 14.3. The molecule has 2 rings (SSSR count). The minimum atomic E-state index is -0.498. The molecule has 2 aromatic carbocycles. The van der Waals surface area contributed by atoms with Crippen molar-refractivity contribution in [1.29, 1.82) is 0 Å². The number of amides is 1. The highest BCUT2D eigenvalue weighted by atomic mass is 19.1. The Labute approximate surface area is 177 Å². The Kier molecular flexibility index (Phi) is 8.53. The number of hydrogen-bond donors (Lipinski definition) is 2. The number of aldehydes is 1. The second kappa shape index (κ2) is 11.1. The first kappa shape index (κ1) is 23.1. The fourth-order valence-corrected chi connectivity index (χ4v) is 2.95. The van der Waals surface area contributed by atoms with Crippen molar-refractivity contribution in [1.82, 2.24) is 10.2 Å². The Morgan fingerprint density at radius 3 is 2.53 bits per heavy atom. The Morgan fingerprint density at radius 1 is 1.20 bits per heavy atom. The van der Waals surface area contributed by atoms with Crippen LogP contribution in [0.4, 0.5) is 4.39 Å². The highest BCUT2D eigenvalue weighted by molar-refractivity contribution is 5.94. The molecule has 0 heterocycles. The number of nitrogens with one attached hydrogen (secondary N) is 1. The minimum Gasteiger partial charge on any atom is -0.370 e. The predicted molar refractivity (Wildman–Crippen MR) is 116 cm³/mol. The molecule has 30 heavy (non-hydrogen) atoms. The summed E-state index contributed by atoms with van der Waals surface area (Å²) in [5.41, 5.74) is 7.86. The van der Waals surface area contributed by atoms with E-state index in [4.69, 9.17) is 5.73 Å². The molecule has 1 atom stereocenters. The Morgan fingerprint density at radius 2 is 1.90 bits per heavy atom. The van der Waals surface area contributed by atoms with E-state index in [-0.39, 0.29) is 42.4 Å². The quantitative estimate of drug-likeness (QED) is 0.376. The lowest BCUT2D eigenvalue weighted by Crippen LogP contribution is -2.35. The van der Waals surface area contributed by atoms with Crippen LogP contribution in [0, 0.1) is 11.7 Å². The van der Waals surface area contributed by atoms with Crippen LogP contribution in [0.3, 0.4) is 0 Å². The Balaban J connectivity index is 2.08. The van der Waals surface area contributed by atoms with Gasteiger partial charge >= 0.3 is 0 Å². The van der Waals surface area contributed by atoms with Crippen LogP contribution in [-0.2, 0) is 17.9 Å². The topological polar surface area (TPSA) is 87.8 Å². The number of nitrogens with zero attached hydrogens (tertiary/aromatic N) is 2. The van der Waals surface area contributed by atoms with Crippen LogP contribution in [0.1, 0.15) is 41.8 Å². The number of guanidine groups is 1. The molecule has 0 aliphatic rings. The minimum absolute atomic E-state index is 0.163. The smallest absolute Gasteiger partial charge is 0.251 e. The van der Waals surface area contributed by atoms with E-state index >= 15 is 0 Å². The number of nitrogens with two attached hydrogens (primary N) is 1. The van der Waals surface area contributed by atoms with Crippen molar-refractivity contribution in [2.24, 2.45) is 16.6 Å². The fraction of sp³-hybridized carbons (Fsp3) is 0.348. The molecule has 0 aliphatic carbocycles. The average molecular weight is 413 g/mol. The second-order valence-electron chi connectivity index (χ2n) is 7.57. The third kappa shape index (κ3) is 6.99. The van der Waals surface area contributed by atoms with Crippen LogP contribution in [0.2, 0.25) is 0 Å². The number of halogens is 1. The van der Waals surface area contributed by atoms with Gasteiger partial charge in [0.2, 0.25) is 0 Å². The van der Waals surface area contributed by atoms with Crippen molar-refractivity contribution in [3.05, 3.63) is 71.0 Å². The lowest BCUT2D eigenvalue weighted by atomic mass is 10.0. The largest absolute Gasteiger partial charge is 0.370 e. The average Bonchev–Trinajstić information content (AvgIpc) is 2.71. The van der Waals surface area contributed by atoms with E-state index in [0.29, 0.717) is 12.1 Å². The van der Waals surface area contributed by atoms with Crippen molar-refractivity contribution in [3.8, 4) is 0 Å².